The molecule has 0 fully saturated rings. The molecular formula is C18H15ClN4O3. The number of nitrogens with zero attached hydrogens (tertiary/aromatic N) is 4. The average molecular weight is 371 g/mol. The topological polar surface area (TPSA) is 85.3 Å². The summed E-state index contributed by atoms with van der Waals surface area (Å²) >= 11 is 6.21. The molecule has 132 valence electrons. The fraction of sp³-hybridized carbons (Fsp3) is 0.222. The Bertz CT molecular complexity index is 959. The second-order valence-electron chi connectivity index (χ2n) is 6.14. The first-order valence-electron chi connectivity index (χ1n) is 8.14. The van der Waals surface area contributed by atoms with Gasteiger partial charge in [-0.15, -0.1) is 0 Å². The van der Waals surface area contributed by atoms with Crippen molar-refractivity contribution < 1.29 is 9.34 Å². The Morgan fingerprint density at radius 1 is 1.35 bits per heavy atom. The molecule has 7 nitrogen and oxygen atoms in total. The third kappa shape index (κ3) is 3.31. The average Bonchev–Trinajstić information content (AvgIpc) is 3.17. The Morgan fingerprint density at radius 3 is 3.00 bits per heavy atom. The summed E-state index contributed by atoms with van der Waals surface area (Å²) in [6.07, 6.45) is 4.20. The van der Waals surface area contributed by atoms with E-state index in [1.165, 1.54) is 12.1 Å². The molecule has 3 aromatic rings. The molecular weight excluding hydrogens is 356 g/mol. The van der Waals surface area contributed by atoms with Gasteiger partial charge in [0, 0.05) is 55.0 Å². The predicted molar refractivity (Wildman–Crippen MR) is 95.7 cm³/mol. The number of halogens is 1. The molecule has 1 aliphatic heterocycles. The van der Waals surface area contributed by atoms with Crippen molar-refractivity contribution >= 4 is 17.3 Å². The molecule has 1 aromatic carbocycles. The maximum atomic E-state index is 11.0. The number of nitro benzene ring substituents is 1. The van der Waals surface area contributed by atoms with E-state index in [9.17, 15) is 10.1 Å². The first-order valence-corrected chi connectivity index (χ1v) is 8.52. The van der Waals surface area contributed by atoms with Crippen molar-refractivity contribution in [1.82, 2.24) is 14.9 Å². The van der Waals surface area contributed by atoms with Gasteiger partial charge in [-0.05, 0) is 23.8 Å². The summed E-state index contributed by atoms with van der Waals surface area (Å²) in [5.41, 5.74) is 2.85. The molecule has 0 spiro atoms. The lowest BCUT2D eigenvalue weighted by Crippen LogP contribution is -2.31. The number of hydrogen-bond donors (Lipinski definition) is 0. The highest BCUT2D eigenvalue weighted by molar-refractivity contribution is 6.31. The second-order valence-corrected chi connectivity index (χ2v) is 6.54. The number of nitro groups is 1. The van der Waals surface area contributed by atoms with Crippen LogP contribution in [-0.2, 0) is 19.5 Å². The molecule has 0 amide bonds. The zero-order valence-electron chi connectivity index (χ0n) is 13.8. The fourth-order valence-corrected chi connectivity index (χ4v) is 3.25. The highest BCUT2D eigenvalue weighted by Crippen LogP contribution is 2.26. The van der Waals surface area contributed by atoms with Gasteiger partial charge < -0.3 is 4.42 Å². The Kier molecular flexibility index (Phi) is 4.40. The van der Waals surface area contributed by atoms with Crippen molar-refractivity contribution in [2.75, 3.05) is 6.54 Å². The van der Waals surface area contributed by atoms with Crippen molar-refractivity contribution in [2.24, 2.45) is 0 Å². The molecule has 2 aromatic heterocycles. The minimum atomic E-state index is -0.407. The molecule has 1 aliphatic rings. The van der Waals surface area contributed by atoms with Crippen molar-refractivity contribution in [3.8, 4) is 11.6 Å². The van der Waals surface area contributed by atoms with E-state index in [-0.39, 0.29) is 5.69 Å². The Morgan fingerprint density at radius 2 is 2.23 bits per heavy atom. The zero-order chi connectivity index (χ0) is 18.1. The van der Waals surface area contributed by atoms with E-state index in [0.29, 0.717) is 29.7 Å². The quantitative estimate of drug-likeness (QED) is 0.512. The van der Waals surface area contributed by atoms with Crippen LogP contribution < -0.4 is 0 Å². The number of aromatic nitrogens is 2. The maximum Gasteiger partial charge on any atom is 0.269 e. The largest absolute Gasteiger partial charge is 0.461 e. The Balaban J connectivity index is 1.52. The van der Waals surface area contributed by atoms with Crippen LogP contribution in [0.5, 0.6) is 0 Å². The standard InChI is InChI=1S/C18H15ClN4O3/c19-15-4-3-14(23(24)25)8-12(15)10-22-6-5-16-13(11-22)9-20-18(21-16)17-2-1-7-26-17/h1-4,7-9H,5-6,10-11H2. The molecule has 26 heavy (non-hydrogen) atoms. The van der Waals surface area contributed by atoms with Crippen molar-refractivity contribution in [3.63, 3.8) is 0 Å². The van der Waals surface area contributed by atoms with Crippen LogP contribution in [0.3, 0.4) is 0 Å². The van der Waals surface area contributed by atoms with Gasteiger partial charge in [0.2, 0.25) is 0 Å². The first-order chi connectivity index (χ1) is 12.6. The summed E-state index contributed by atoms with van der Waals surface area (Å²) in [6.45, 7) is 2.01. The second kappa shape index (κ2) is 6.86. The van der Waals surface area contributed by atoms with Crippen molar-refractivity contribution in [3.05, 3.63) is 74.7 Å². The van der Waals surface area contributed by atoms with Gasteiger partial charge in [0.15, 0.2) is 11.6 Å². The van der Waals surface area contributed by atoms with E-state index < -0.39 is 4.92 Å². The number of furan rings is 1. The molecule has 0 N–H and O–H groups in total. The highest BCUT2D eigenvalue weighted by Gasteiger charge is 2.21. The summed E-state index contributed by atoms with van der Waals surface area (Å²) in [7, 11) is 0. The van der Waals surface area contributed by atoms with Crippen LogP contribution in [-0.4, -0.2) is 26.3 Å². The number of hydrogen-bond acceptors (Lipinski definition) is 6. The third-order valence-corrected chi connectivity index (χ3v) is 4.76. The number of fused-ring (bicyclic) bond motifs is 1. The van der Waals surface area contributed by atoms with Gasteiger partial charge in [-0.1, -0.05) is 11.6 Å². The third-order valence-electron chi connectivity index (χ3n) is 4.39. The Labute approximate surface area is 154 Å². The number of non-ortho nitro benzene ring substituents is 1. The van der Waals surface area contributed by atoms with Gasteiger partial charge in [0.25, 0.3) is 5.69 Å². The van der Waals surface area contributed by atoms with Crippen LogP contribution in [0, 0.1) is 10.1 Å². The molecule has 0 saturated carbocycles. The molecule has 0 unspecified atom stereocenters. The van der Waals surface area contributed by atoms with Gasteiger partial charge in [0.1, 0.15) is 0 Å². The van der Waals surface area contributed by atoms with E-state index in [0.717, 1.165) is 29.8 Å². The molecule has 4 rings (SSSR count). The van der Waals surface area contributed by atoms with Gasteiger partial charge in [-0.3, -0.25) is 15.0 Å². The molecule has 0 atom stereocenters. The lowest BCUT2D eigenvalue weighted by atomic mass is 10.1. The zero-order valence-corrected chi connectivity index (χ0v) is 14.5. The van der Waals surface area contributed by atoms with Gasteiger partial charge >= 0.3 is 0 Å². The van der Waals surface area contributed by atoms with Crippen LogP contribution in [0.15, 0.2) is 47.2 Å². The van der Waals surface area contributed by atoms with Crippen molar-refractivity contribution in [1.29, 1.82) is 0 Å². The van der Waals surface area contributed by atoms with Crippen LogP contribution >= 0.6 is 11.6 Å². The molecule has 0 saturated heterocycles. The summed E-state index contributed by atoms with van der Waals surface area (Å²) in [4.78, 5) is 21.7. The lowest BCUT2D eigenvalue weighted by Gasteiger charge is -2.28. The van der Waals surface area contributed by atoms with E-state index in [2.05, 4.69) is 14.9 Å². The van der Waals surface area contributed by atoms with Gasteiger partial charge in [0.05, 0.1) is 16.9 Å². The molecule has 8 heteroatoms. The molecule has 0 aliphatic carbocycles. The molecule has 0 bridgehead atoms. The maximum absolute atomic E-state index is 11.0. The summed E-state index contributed by atoms with van der Waals surface area (Å²) in [5.74, 6) is 1.24. The number of rotatable bonds is 4. The first kappa shape index (κ1) is 16.7. The van der Waals surface area contributed by atoms with Crippen LogP contribution in [0.1, 0.15) is 16.8 Å². The monoisotopic (exact) mass is 370 g/mol. The summed E-state index contributed by atoms with van der Waals surface area (Å²) in [5, 5.41) is 11.5. The van der Waals surface area contributed by atoms with E-state index in [1.54, 1.807) is 12.3 Å². The molecule has 0 radical (unpaired) electrons. The Hall–Kier alpha value is -2.77. The van der Waals surface area contributed by atoms with Crippen LogP contribution in [0.4, 0.5) is 5.69 Å². The normalized spacial score (nSPS) is 14.2. The van der Waals surface area contributed by atoms with Gasteiger partial charge in [-0.2, -0.15) is 0 Å². The summed E-state index contributed by atoms with van der Waals surface area (Å²) < 4.78 is 5.35. The molecule has 3 heterocycles. The van der Waals surface area contributed by atoms with Crippen LogP contribution in [0.2, 0.25) is 5.02 Å². The SMILES string of the molecule is O=[N+]([O-])c1ccc(Cl)c(CN2CCc3nc(-c4ccco4)ncc3C2)c1. The van der Waals surface area contributed by atoms with Crippen molar-refractivity contribution in [2.45, 2.75) is 19.5 Å². The summed E-state index contributed by atoms with van der Waals surface area (Å²) in [6, 6.07) is 8.17. The predicted octanol–water partition coefficient (Wildman–Crippen LogP) is 3.86. The lowest BCUT2D eigenvalue weighted by molar-refractivity contribution is -0.384. The minimum absolute atomic E-state index is 0.0493. The highest BCUT2D eigenvalue weighted by atomic mass is 35.5. The van der Waals surface area contributed by atoms with E-state index in [1.807, 2.05) is 18.3 Å². The smallest absolute Gasteiger partial charge is 0.269 e. The van der Waals surface area contributed by atoms with E-state index in [4.69, 9.17) is 16.0 Å². The number of benzene rings is 1. The van der Waals surface area contributed by atoms with Crippen LogP contribution in [0.25, 0.3) is 11.6 Å². The van der Waals surface area contributed by atoms with E-state index >= 15 is 0 Å². The minimum Gasteiger partial charge on any atom is -0.461 e. The van der Waals surface area contributed by atoms with Gasteiger partial charge in [-0.25, -0.2) is 9.97 Å². The fourth-order valence-electron chi connectivity index (χ4n) is 3.07.